The van der Waals surface area contributed by atoms with Crippen LogP contribution in [0.5, 0.6) is 0 Å². The number of aldehydes is 1. The minimum absolute atomic E-state index is 0.384. The van der Waals surface area contributed by atoms with E-state index in [1.54, 1.807) is 6.92 Å². The van der Waals surface area contributed by atoms with Crippen LogP contribution in [0, 0.1) is 5.92 Å². The van der Waals surface area contributed by atoms with Crippen LogP contribution in [0.1, 0.15) is 13.8 Å². The zero-order valence-corrected chi connectivity index (χ0v) is 7.58. The standard InChI is InChI=1S/C8H12F2N2O/c1-3-12-7(8(2,9)10)6(5-13)4-11-12/h4-7H,3H2,1-2H3. The Hall–Kier alpha value is -1.00. The van der Waals surface area contributed by atoms with Gasteiger partial charge in [0.25, 0.3) is 5.92 Å². The third-order valence-electron chi connectivity index (χ3n) is 2.07. The van der Waals surface area contributed by atoms with Gasteiger partial charge in [0.05, 0.1) is 5.92 Å². The minimum atomic E-state index is -2.90. The van der Waals surface area contributed by atoms with Crippen LogP contribution < -0.4 is 0 Å². The second-order valence-electron chi connectivity index (χ2n) is 3.13. The Morgan fingerprint density at radius 1 is 1.69 bits per heavy atom. The second-order valence-corrected chi connectivity index (χ2v) is 3.13. The van der Waals surface area contributed by atoms with E-state index in [0.717, 1.165) is 6.92 Å². The fraction of sp³-hybridized carbons (Fsp3) is 0.750. The number of carbonyl (C=O) groups excluding carboxylic acids is 1. The highest BCUT2D eigenvalue weighted by Gasteiger charge is 2.45. The molecule has 5 heteroatoms. The lowest BCUT2D eigenvalue weighted by molar-refractivity contribution is -0.117. The first-order chi connectivity index (χ1) is 6.00. The number of carbonyl (C=O) groups is 1. The maximum Gasteiger partial charge on any atom is 0.268 e. The molecule has 0 saturated heterocycles. The SMILES string of the molecule is CCN1N=CC(C=O)C1C(C)(F)F. The Kier molecular flexibility index (Phi) is 2.63. The van der Waals surface area contributed by atoms with Gasteiger partial charge in [0, 0.05) is 19.7 Å². The Morgan fingerprint density at radius 3 is 2.69 bits per heavy atom. The van der Waals surface area contributed by atoms with Crippen molar-refractivity contribution < 1.29 is 13.6 Å². The van der Waals surface area contributed by atoms with Crippen LogP contribution in [0.2, 0.25) is 0 Å². The van der Waals surface area contributed by atoms with Gasteiger partial charge in [-0.15, -0.1) is 0 Å². The molecule has 0 fully saturated rings. The average molecular weight is 190 g/mol. The van der Waals surface area contributed by atoms with Crippen molar-refractivity contribution >= 4 is 12.5 Å². The predicted octanol–water partition coefficient (Wildman–Crippen LogP) is 1.15. The Morgan fingerprint density at radius 2 is 2.31 bits per heavy atom. The largest absolute Gasteiger partial charge is 0.303 e. The van der Waals surface area contributed by atoms with Crippen LogP contribution in [0.25, 0.3) is 0 Å². The lowest BCUT2D eigenvalue weighted by Crippen LogP contribution is -2.45. The van der Waals surface area contributed by atoms with E-state index in [9.17, 15) is 13.6 Å². The summed E-state index contributed by atoms with van der Waals surface area (Å²) in [6.07, 6.45) is 1.79. The summed E-state index contributed by atoms with van der Waals surface area (Å²) in [4.78, 5) is 10.5. The fourth-order valence-corrected chi connectivity index (χ4v) is 1.50. The highest BCUT2D eigenvalue weighted by atomic mass is 19.3. The molecule has 0 amide bonds. The lowest BCUT2D eigenvalue weighted by atomic mass is 9.98. The van der Waals surface area contributed by atoms with Gasteiger partial charge in [0.2, 0.25) is 0 Å². The number of alkyl halides is 2. The van der Waals surface area contributed by atoms with Gasteiger partial charge in [0.15, 0.2) is 0 Å². The summed E-state index contributed by atoms with van der Waals surface area (Å²) in [7, 11) is 0. The molecule has 0 saturated carbocycles. The first kappa shape index (κ1) is 10.1. The maximum absolute atomic E-state index is 13.0. The van der Waals surface area contributed by atoms with Crippen molar-refractivity contribution in [3.8, 4) is 0 Å². The normalized spacial score (nSPS) is 28.2. The maximum atomic E-state index is 13.0. The van der Waals surface area contributed by atoms with Crippen LogP contribution >= 0.6 is 0 Å². The first-order valence-electron chi connectivity index (χ1n) is 4.14. The van der Waals surface area contributed by atoms with Crippen LogP contribution in [0.15, 0.2) is 5.10 Å². The van der Waals surface area contributed by atoms with Crippen LogP contribution in [-0.2, 0) is 4.79 Å². The molecule has 1 aliphatic rings. The molecule has 13 heavy (non-hydrogen) atoms. The summed E-state index contributed by atoms with van der Waals surface area (Å²) in [6.45, 7) is 2.92. The van der Waals surface area contributed by atoms with Crippen LogP contribution in [0.3, 0.4) is 0 Å². The summed E-state index contributed by atoms with van der Waals surface area (Å²) >= 11 is 0. The highest BCUT2D eigenvalue weighted by Crippen LogP contribution is 2.30. The van der Waals surface area contributed by atoms with Crippen LogP contribution in [0.4, 0.5) is 8.78 Å². The van der Waals surface area contributed by atoms with Gasteiger partial charge in [0.1, 0.15) is 12.3 Å². The predicted molar refractivity (Wildman–Crippen MR) is 44.8 cm³/mol. The van der Waals surface area contributed by atoms with Gasteiger partial charge in [-0.25, -0.2) is 8.78 Å². The summed E-state index contributed by atoms with van der Waals surface area (Å²) in [6, 6.07) is -1.12. The van der Waals surface area contributed by atoms with Crippen molar-refractivity contribution in [1.82, 2.24) is 5.01 Å². The highest BCUT2D eigenvalue weighted by molar-refractivity contribution is 5.83. The number of rotatable bonds is 3. The van der Waals surface area contributed by atoms with E-state index < -0.39 is 17.9 Å². The third-order valence-corrected chi connectivity index (χ3v) is 2.07. The lowest BCUT2D eigenvalue weighted by Gasteiger charge is -2.29. The Balaban J connectivity index is 2.84. The Labute approximate surface area is 75.4 Å². The molecule has 1 aliphatic heterocycles. The van der Waals surface area contributed by atoms with Gasteiger partial charge in [-0.1, -0.05) is 0 Å². The van der Waals surface area contributed by atoms with Gasteiger partial charge in [-0.05, 0) is 6.92 Å². The molecule has 0 bridgehead atoms. The molecule has 0 aromatic heterocycles. The van der Waals surface area contributed by atoms with Crippen molar-refractivity contribution in [1.29, 1.82) is 0 Å². The molecule has 74 valence electrons. The van der Waals surface area contributed by atoms with E-state index >= 15 is 0 Å². The van der Waals surface area contributed by atoms with Crippen LogP contribution in [-0.4, -0.2) is 36.0 Å². The second kappa shape index (κ2) is 3.40. The molecule has 2 unspecified atom stereocenters. The summed E-state index contributed by atoms with van der Waals surface area (Å²) in [5.74, 6) is -3.70. The van der Waals surface area contributed by atoms with Crippen molar-refractivity contribution in [3.63, 3.8) is 0 Å². The molecule has 0 aromatic carbocycles. The number of hydrazone groups is 1. The average Bonchev–Trinajstić information content (AvgIpc) is 2.45. The molecule has 0 aliphatic carbocycles. The molecule has 0 spiro atoms. The number of nitrogens with zero attached hydrogens (tertiary/aromatic N) is 2. The van der Waals surface area contributed by atoms with Gasteiger partial charge >= 0.3 is 0 Å². The molecule has 0 N–H and O–H groups in total. The topological polar surface area (TPSA) is 32.7 Å². The molecular formula is C8H12F2N2O. The number of hydrogen-bond acceptors (Lipinski definition) is 3. The molecule has 0 radical (unpaired) electrons. The van der Waals surface area contributed by atoms with Gasteiger partial charge < -0.3 is 4.79 Å². The van der Waals surface area contributed by atoms with Crippen molar-refractivity contribution in [2.75, 3.05) is 6.54 Å². The van der Waals surface area contributed by atoms with E-state index in [1.165, 1.54) is 11.2 Å². The molecule has 1 rings (SSSR count). The Bertz CT molecular complexity index is 225. The summed E-state index contributed by atoms with van der Waals surface area (Å²) in [5.41, 5.74) is 0. The summed E-state index contributed by atoms with van der Waals surface area (Å²) in [5, 5.41) is 5.00. The number of hydrogen-bond donors (Lipinski definition) is 0. The minimum Gasteiger partial charge on any atom is -0.303 e. The quantitative estimate of drug-likeness (QED) is 0.625. The molecule has 2 atom stereocenters. The van der Waals surface area contributed by atoms with E-state index in [4.69, 9.17) is 0 Å². The van der Waals surface area contributed by atoms with Crippen molar-refractivity contribution in [2.24, 2.45) is 11.0 Å². The van der Waals surface area contributed by atoms with E-state index in [2.05, 4.69) is 5.10 Å². The molecule has 0 aromatic rings. The third kappa shape index (κ3) is 1.84. The monoisotopic (exact) mass is 190 g/mol. The first-order valence-corrected chi connectivity index (χ1v) is 4.14. The van der Waals surface area contributed by atoms with Gasteiger partial charge in [-0.3, -0.25) is 5.01 Å². The summed E-state index contributed by atoms with van der Waals surface area (Å²) < 4.78 is 26.0. The van der Waals surface area contributed by atoms with E-state index in [0.29, 0.717) is 12.8 Å². The fourth-order valence-electron chi connectivity index (χ4n) is 1.50. The zero-order valence-electron chi connectivity index (χ0n) is 7.58. The smallest absolute Gasteiger partial charge is 0.268 e. The number of halogens is 2. The van der Waals surface area contributed by atoms with Gasteiger partial charge in [-0.2, -0.15) is 5.10 Å². The molecule has 3 nitrogen and oxygen atoms in total. The van der Waals surface area contributed by atoms with E-state index in [-0.39, 0.29) is 0 Å². The van der Waals surface area contributed by atoms with E-state index in [1.807, 2.05) is 0 Å². The molecular weight excluding hydrogens is 178 g/mol. The van der Waals surface area contributed by atoms with Crippen molar-refractivity contribution in [3.05, 3.63) is 0 Å². The zero-order chi connectivity index (χ0) is 10.1. The molecule has 1 heterocycles. The van der Waals surface area contributed by atoms with Crippen molar-refractivity contribution in [2.45, 2.75) is 25.8 Å².